The van der Waals surface area contributed by atoms with E-state index >= 15 is 0 Å². The van der Waals surface area contributed by atoms with Crippen molar-refractivity contribution in [2.24, 2.45) is 0 Å². The predicted octanol–water partition coefficient (Wildman–Crippen LogP) is 3.11. The Balaban J connectivity index is 1.94. The molecule has 1 N–H and O–H groups in total. The average Bonchev–Trinajstić information content (AvgIpc) is 2.73. The van der Waals surface area contributed by atoms with Crippen molar-refractivity contribution in [1.29, 1.82) is 0 Å². The number of hydrogen-bond donors (Lipinski definition) is 1. The molecule has 1 aromatic rings. The number of ether oxygens (including phenoxy) is 1. The molecule has 1 saturated heterocycles. The number of hydrogen-bond acceptors (Lipinski definition) is 3. The van der Waals surface area contributed by atoms with E-state index in [2.05, 4.69) is 35.3 Å². The standard InChI is InChI=1S/C17H28N2O/c1-15-13-16(14-18-9-12-20-2)7-8-17(15)19-10-5-3-4-6-11-19/h7-8,13,18H,3-6,9-12,14H2,1-2H3. The number of benzene rings is 1. The predicted molar refractivity (Wildman–Crippen MR) is 85.4 cm³/mol. The molecule has 3 nitrogen and oxygen atoms in total. The van der Waals surface area contributed by atoms with Gasteiger partial charge in [0.05, 0.1) is 6.61 Å². The van der Waals surface area contributed by atoms with Crippen LogP contribution >= 0.6 is 0 Å². The molecule has 3 heteroatoms. The van der Waals surface area contributed by atoms with Crippen LogP contribution in [0.4, 0.5) is 5.69 Å². The van der Waals surface area contributed by atoms with Crippen LogP contribution in [0.5, 0.6) is 0 Å². The van der Waals surface area contributed by atoms with Crippen LogP contribution in [0.3, 0.4) is 0 Å². The zero-order valence-corrected chi connectivity index (χ0v) is 13.0. The number of rotatable bonds is 6. The van der Waals surface area contributed by atoms with Gasteiger partial charge in [-0.1, -0.05) is 25.0 Å². The maximum absolute atomic E-state index is 5.04. The lowest BCUT2D eigenvalue weighted by molar-refractivity contribution is 0.199. The summed E-state index contributed by atoms with van der Waals surface area (Å²) >= 11 is 0. The zero-order chi connectivity index (χ0) is 14.2. The summed E-state index contributed by atoms with van der Waals surface area (Å²) in [4.78, 5) is 2.56. The van der Waals surface area contributed by atoms with Crippen LogP contribution in [-0.4, -0.2) is 33.4 Å². The van der Waals surface area contributed by atoms with Crippen molar-refractivity contribution in [3.8, 4) is 0 Å². The van der Waals surface area contributed by atoms with Crippen LogP contribution < -0.4 is 10.2 Å². The smallest absolute Gasteiger partial charge is 0.0587 e. The molecule has 1 aliphatic heterocycles. The molecular formula is C17H28N2O. The minimum absolute atomic E-state index is 0.769. The first-order valence-corrected chi connectivity index (χ1v) is 7.85. The van der Waals surface area contributed by atoms with Crippen LogP contribution in [0.25, 0.3) is 0 Å². The summed E-state index contributed by atoms with van der Waals surface area (Å²) in [6, 6.07) is 6.88. The lowest BCUT2D eigenvalue weighted by atomic mass is 10.1. The number of methoxy groups -OCH3 is 1. The van der Waals surface area contributed by atoms with Gasteiger partial charge in [0.15, 0.2) is 0 Å². The molecule has 112 valence electrons. The van der Waals surface area contributed by atoms with E-state index in [0.29, 0.717) is 0 Å². The highest BCUT2D eigenvalue weighted by Gasteiger charge is 2.12. The molecule has 0 aromatic heterocycles. The van der Waals surface area contributed by atoms with Crippen molar-refractivity contribution in [3.05, 3.63) is 29.3 Å². The zero-order valence-electron chi connectivity index (χ0n) is 13.0. The third kappa shape index (κ3) is 4.50. The van der Waals surface area contributed by atoms with Crippen molar-refractivity contribution in [3.63, 3.8) is 0 Å². The normalized spacial score (nSPS) is 16.2. The highest BCUT2D eigenvalue weighted by Crippen LogP contribution is 2.24. The molecule has 1 aliphatic rings. The fourth-order valence-electron chi connectivity index (χ4n) is 2.90. The summed E-state index contributed by atoms with van der Waals surface area (Å²) in [5.74, 6) is 0. The van der Waals surface area contributed by atoms with Gasteiger partial charge in [0.25, 0.3) is 0 Å². The highest BCUT2D eigenvalue weighted by atomic mass is 16.5. The average molecular weight is 276 g/mol. The molecule has 1 fully saturated rings. The van der Waals surface area contributed by atoms with Gasteiger partial charge in [-0.15, -0.1) is 0 Å². The van der Waals surface area contributed by atoms with Gasteiger partial charge in [0.2, 0.25) is 0 Å². The van der Waals surface area contributed by atoms with Crippen LogP contribution in [0.2, 0.25) is 0 Å². The summed E-state index contributed by atoms with van der Waals surface area (Å²) in [5, 5.41) is 3.40. The van der Waals surface area contributed by atoms with E-state index in [1.54, 1.807) is 7.11 Å². The second-order valence-electron chi connectivity index (χ2n) is 5.69. The molecule has 0 atom stereocenters. The minimum atomic E-state index is 0.769. The Bertz CT molecular complexity index is 398. The molecule has 1 aromatic carbocycles. The minimum Gasteiger partial charge on any atom is -0.383 e. The van der Waals surface area contributed by atoms with Crippen molar-refractivity contribution < 1.29 is 4.74 Å². The van der Waals surface area contributed by atoms with Crippen LogP contribution in [0.15, 0.2) is 18.2 Å². The van der Waals surface area contributed by atoms with Gasteiger partial charge < -0.3 is 15.0 Å². The third-order valence-electron chi connectivity index (χ3n) is 4.02. The Labute approximate surface area is 123 Å². The summed E-state index contributed by atoms with van der Waals surface area (Å²) in [6.45, 7) is 7.26. The molecule has 1 heterocycles. The highest BCUT2D eigenvalue weighted by molar-refractivity contribution is 5.54. The Morgan fingerprint density at radius 3 is 2.55 bits per heavy atom. The van der Waals surface area contributed by atoms with Crippen LogP contribution in [0, 0.1) is 6.92 Å². The third-order valence-corrected chi connectivity index (χ3v) is 4.02. The topological polar surface area (TPSA) is 24.5 Å². The first kappa shape index (κ1) is 15.3. The molecule has 0 radical (unpaired) electrons. The SMILES string of the molecule is COCCNCc1ccc(N2CCCCCC2)c(C)c1. The first-order chi connectivity index (χ1) is 9.81. The van der Waals surface area contributed by atoms with E-state index < -0.39 is 0 Å². The molecule has 0 bridgehead atoms. The van der Waals surface area contributed by atoms with Crippen molar-refractivity contribution in [1.82, 2.24) is 5.32 Å². The van der Waals surface area contributed by atoms with Gasteiger partial charge in [-0.2, -0.15) is 0 Å². The van der Waals surface area contributed by atoms with Gasteiger partial charge in [-0.3, -0.25) is 0 Å². The summed E-state index contributed by atoms with van der Waals surface area (Å²) in [7, 11) is 1.74. The van der Waals surface area contributed by atoms with Gasteiger partial charge >= 0.3 is 0 Å². The first-order valence-electron chi connectivity index (χ1n) is 7.85. The number of nitrogens with zero attached hydrogens (tertiary/aromatic N) is 1. The van der Waals surface area contributed by atoms with Crippen molar-refractivity contribution >= 4 is 5.69 Å². The Morgan fingerprint density at radius 1 is 1.15 bits per heavy atom. The lowest BCUT2D eigenvalue weighted by Crippen LogP contribution is -2.25. The van der Waals surface area contributed by atoms with Crippen LogP contribution in [0.1, 0.15) is 36.8 Å². The maximum atomic E-state index is 5.04. The van der Waals surface area contributed by atoms with Gasteiger partial charge in [-0.05, 0) is 37.0 Å². The number of nitrogens with one attached hydrogen (secondary N) is 1. The Morgan fingerprint density at radius 2 is 1.90 bits per heavy atom. The van der Waals surface area contributed by atoms with Crippen LogP contribution in [-0.2, 0) is 11.3 Å². The molecule has 0 saturated carbocycles. The molecule has 2 rings (SSSR count). The Kier molecular flexibility index (Phi) is 6.34. The molecule has 0 unspecified atom stereocenters. The van der Waals surface area contributed by atoms with Crippen molar-refractivity contribution in [2.45, 2.75) is 39.2 Å². The van der Waals surface area contributed by atoms with Gasteiger partial charge in [0.1, 0.15) is 0 Å². The second kappa shape index (κ2) is 8.28. The van der Waals surface area contributed by atoms with E-state index in [1.165, 1.54) is 55.6 Å². The second-order valence-corrected chi connectivity index (χ2v) is 5.69. The Hall–Kier alpha value is -1.06. The van der Waals surface area contributed by atoms with E-state index in [4.69, 9.17) is 4.74 Å². The fraction of sp³-hybridized carbons (Fsp3) is 0.647. The molecule has 0 spiro atoms. The summed E-state index contributed by atoms with van der Waals surface area (Å²) in [6.07, 6.45) is 5.44. The van der Waals surface area contributed by atoms with Gasteiger partial charge in [0, 0.05) is 39.0 Å². The van der Waals surface area contributed by atoms with E-state index in [9.17, 15) is 0 Å². The summed E-state index contributed by atoms with van der Waals surface area (Å²) < 4.78 is 5.04. The number of aryl methyl sites for hydroxylation is 1. The fourth-order valence-corrected chi connectivity index (χ4v) is 2.90. The molecular weight excluding hydrogens is 248 g/mol. The molecule has 20 heavy (non-hydrogen) atoms. The van der Waals surface area contributed by atoms with Crippen molar-refractivity contribution in [2.75, 3.05) is 38.3 Å². The van der Waals surface area contributed by atoms with E-state index in [-0.39, 0.29) is 0 Å². The summed E-state index contributed by atoms with van der Waals surface area (Å²) in [5.41, 5.74) is 4.18. The van der Waals surface area contributed by atoms with E-state index in [0.717, 1.165) is 19.7 Å². The van der Waals surface area contributed by atoms with E-state index in [1.807, 2.05) is 0 Å². The molecule has 0 amide bonds. The monoisotopic (exact) mass is 276 g/mol. The quantitative estimate of drug-likeness (QED) is 0.808. The maximum Gasteiger partial charge on any atom is 0.0587 e. The number of anilines is 1. The van der Waals surface area contributed by atoms with Gasteiger partial charge in [-0.25, -0.2) is 0 Å². The lowest BCUT2D eigenvalue weighted by Gasteiger charge is -2.25. The largest absolute Gasteiger partial charge is 0.383 e. The molecule has 0 aliphatic carbocycles.